The van der Waals surface area contributed by atoms with E-state index in [1.807, 2.05) is 4.90 Å². The fourth-order valence-corrected chi connectivity index (χ4v) is 2.94. The molecule has 1 aromatic rings. The number of hydrogen-bond donors (Lipinski definition) is 1. The van der Waals surface area contributed by atoms with Gasteiger partial charge in [0.15, 0.2) is 0 Å². The Kier molecular flexibility index (Phi) is 2.84. The molecular weight excluding hydrogens is 240 g/mol. The lowest BCUT2D eigenvalue weighted by molar-refractivity contribution is 0.0559. The predicted octanol–water partition coefficient (Wildman–Crippen LogP) is 1.76. The highest BCUT2D eigenvalue weighted by Gasteiger charge is 2.36. The van der Waals surface area contributed by atoms with Crippen LogP contribution in [-0.4, -0.2) is 36.5 Å². The van der Waals surface area contributed by atoms with Crippen LogP contribution in [0.4, 0.5) is 0 Å². The second-order valence-electron chi connectivity index (χ2n) is 4.81. The van der Waals surface area contributed by atoms with Crippen molar-refractivity contribution in [3.63, 3.8) is 0 Å². The molecule has 5 heteroatoms. The van der Waals surface area contributed by atoms with Crippen LogP contribution in [0, 0.1) is 5.92 Å². The molecule has 0 aromatic carbocycles. The summed E-state index contributed by atoms with van der Waals surface area (Å²) in [6, 6.07) is 1.89. The Morgan fingerprint density at radius 1 is 1.47 bits per heavy atom. The smallest absolute Gasteiger partial charge is 0.291 e. The number of piperidine rings is 1. The van der Waals surface area contributed by atoms with Crippen molar-refractivity contribution in [2.24, 2.45) is 5.92 Å². The first kappa shape index (κ1) is 11.1. The average molecular weight is 255 g/mol. The summed E-state index contributed by atoms with van der Waals surface area (Å²) in [6.45, 7) is 2.69. The van der Waals surface area contributed by atoms with Crippen molar-refractivity contribution in [3.8, 4) is 0 Å². The molecule has 2 atom stereocenters. The van der Waals surface area contributed by atoms with E-state index < -0.39 is 0 Å². The largest absolute Gasteiger partial charge is 0.458 e. The van der Waals surface area contributed by atoms with Gasteiger partial charge in [0.25, 0.3) is 5.91 Å². The average Bonchev–Trinajstić information content (AvgIpc) is 2.56. The van der Waals surface area contributed by atoms with Crippen molar-refractivity contribution in [2.75, 3.05) is 19.6 Å². The molecule has 3 aliphatic rings. The molecule has 4 rings (SSSR count). The fourth-order valence-electron chi connectivity index (χ4n) is 2.76. The molecule has 0 aliphatic carbocycles. The number of hydrogen-bond acceptors (Lipinski definition) is 3. The van der Waals surface area contributed by atoms with Crippen molar-refractivity contribution in [3.05, 3.63) is 23.1 Å². The number of furan rings is 1. The van der Waals surface area contributed by atoms with Gasteiger partial charge in [-0.15, -0.1) is 0 Å². The lowest BCUT2D eigenvalue weighted by Crippen LogP contribution is -2.47. The Bertz CT molecular complexity index is 428. The minimum absolute atomic E-state index is 0.0709. The van der Waals surface area contributed by atoms with Crippen molar-refractivity contribution < 1.29 is 9.21 Å². The molecule has 0 saturated carbocycles. The minimum Gasteiger partial charge on any atom is -0.458 e. The number of halogens is 1. The molecule has 92 valence electrons. The normalized spacial score (nSPS) is 28.2. The van der Waals surface area contributed by atoms with Crippen LogP contribution in [0.1, 0.15) is 23.4 Å². The monoisotopic (exact) mass is 254 g/mol. The molecule has 4 nitrogen and oxygen atoms in total. The summed E-state index contributed by atoms with van der Waals surface area (Å²) in [5.41, 5.74) is 0. The van der Waals surface area contributed by atoms with E-state index >= 15 is 0 Å². The quantitative estimate of drug-likeness (QED) is 0.831. The van der Waals surface area contributed by atoms with Gasteiger partial charge in [0.05, 0.1) is 11.3 Å². The summed E-state index contributed by atoms with van der Waals surface area (Å²) in [5.74, 6) is 0.768. The SMILES string of the molecule is O=C(c1occc1Cl)N1CC2CCC1CNC2. The second-order valence-corrected chi connectivity index (χ2v) is 5.22. The zero-order valence-corrected chi connectivity index (χ0v) is 10.2. The van der Waals surface area contributed by atoms with Crippen molar-refractivity contribution in [1.29, 1.82) is 0 Å². The van der Waals surface area contributed by atoms with Gasteiger partial charge in [-0.25, -0.2) is 0 Å². The molecule has 17 heavy (non-hydrogen) atoms. The Balaban J connectivity index is 1.85. The van der Waals surface area contributed by atoms with Crippen LogP contribution < -0.4 is 5.32 Å². The predicted molar refractivity (Wildman–Crippen MR) is 64.1 cm³/mol. The van der Waals surface area contributed by atoms with Crippen LogP contribution in [0.3, 0.4) is 0 Å². The van der Waals surface area contributed by atoms with E-state index in [1.54, 1.807) is 6.07 Å². The van der Waals surface area contributed by atoms with E-state index in [2.05, 4.69) is 5.32 Å². The molecule has 4 heterocycles. The van der Waals surface area contributed by atoms with Crippen LogP contribution in [0.5, 0.6) is 0 Å². The van der Waals surface area contributed by atoms with Gasteiger partial charge in [-0.3, -0.25) is 4.79 Å². The van der Waals surface area contributed by atoms with Gasteiger partial charge in [0, 0.05) is 19.1 Å². The van der Waals surface area contributed by atoms with Crippen LogP contribution in [0.25, 0.3) is 0 Å². The number of carbonyl (C=O) groups is 1. The van der Waals surface area contributed by atoms with Gasteiger partial charge in [-0.1, -0.05) is 11.6 Å². The standard InChI is InChI=1S/C12H15ClN2O2/c13-10-3-4-17-11(10)12(16)15-7-8-1-2-9(15)6-14-5-8/h3-4,8-9,14H,1-2,5-7H2. The molecule has 3 fully saturated rings. The van der Waals surface area contributed by atoms with E-state index in [-0.39, 0.29) is 17.7 Å². The Morgan fingerprint density at radius 3 is 3.12 bits per heavy atom. The number of nitrogens with one attached hydrogen (secondary N) is 1. The summed E-state index contributed by atoms with van der Waals surface area (Å²) in [6.07, 6.45) is 3.74. The first-order valence-corrected chi connectivity index (χ1v) is 6.38. The fraction of sp³-hybridized carbons (Fsp3) is 0.583. The maximum atomic E-state index is 12.3. The summed E-state index contributed by atoms with van der Waals surface area (Å²) >= 11 is 5.94. The van der Waals surface area contributed by atoms with Crippen LogP contribution in [0.2, 0.25) is 5.02 Å². The zero-order chi connectivity index (χ0) is 11.8. The van der Waals surface area contributed by atoms with Crippen molar-refractivity contribution in [1.82, 2.24) is 10.2 Å². The number of amides is 1. The third-order valence-electron chi connectivity index (χ3n) is 3.69. The van der Waals surface area contributed by atoms with E-state index in [4.69, 9.17) is 16.0 Å². The molecule has 1 amide bonds. The second kappa shape index (κ2) is 4.35. The molecule has 1 aromatic heterocycles. The topological polar surface area (TPSA) is 45.5 Å². The van der Waals surface area contributed by atoms with Gasteiger partial charge >= 0.3 is 0 Å². The van der Waals surface area contributed by atoms with E-state index in [0.717, 1.165) is 26.1 Å². The molecule has 0 spiro atoms. The minimum atomic E-state index is -0.0709. The molecule has 0 radical (unpaired) electrons. The first-order valence-electron chi connectivity index (χ1n) is 6.00. The number of rotatable bonds is 1. The van der Waals surface area contributed by atoms with Gasteiger partial charge in [-0.05, 0) is 31.4 Å². The zero-order valence-electron chi connectivity index (χ0n) is 9.49. The lowest BCUT2D eigenvalue weighted by Gasteiger charge is -2.35. The highest BCUT2D eigenvalue weighted by atomic mass is 35.5. The Morgan fingerprint density at radius 2 is 2.35 bits per heavy atom. The number of fused-ring (bicyclic) bond motifs is 4. The maximum Gasteiger partial charge on any atom is 0.291 e. The van der Waals surface area contributed by atoms with Crippen LogP contribution in [0.15, 0.2) is 16.7 Å². The third-order valence-corrected chi connectivity index (χ3v) is 3.99. The number of carbonyl (C=O) groups excluding carboxylic acids is 1. The first-order chi connectivity index (χ1) is 8.25. The van der Waals surface area contributed by atoms with Gasteiger partial charge in [0.1, 0.15) is 0 Å². The molecular formula is C12H15ClN2O2. The molecule has 3 saturated heterocycles. The highest BCUT2D eigenvalue weighted by Crippen LogP contribution is 2.27. The van der Waals surface area contributed by atoms with Crippen molar-refractivity contribution >= 4 is 17.5 Å². The number of nitrogens with zero attached hydrogens (tertiary/aromatic N) is 1. The van der Waals surface area contributed by atoms with E-state index in [9.17, 15) is 4.79 Å². The summed E-state index contributed by atoms with van der Waals surface area (Å²) in [7, 11) is 0. The summed E-state index contributed by atoms with van der Waals surface area (Å²) in [5, 5.41) is 3.80. The molecule has 2 bridgehead atoms. The highest BCUT2D eigenvalue weighted by molar-refractivity contribution is 6.33. The lowest BCUT2D eigenvalue weighted by atomic mass is 9.95. The molecule has 2 unspecified atom stereocenters. The van der Waals surface area contributed by atoms with E-state index in [0.29, 0.717) is 10.9 Å². The van der Waals surface area contributed by atoms with Gasteiger partial charge in [-0.2, -0.15) is 0 Å². The van der Waals surface area contributed by atoms with Crippen molar-refractivity contribution in [2.45, 2.75) is 18.9 Å². The molecule has 1 N–H and O–H groups in total. The van der Waals surface area contributed by atoms with Gasteiger partial charge < -0.3 is 14.6 Å². The maximum absolute atomic E-state index is 12.3. The van der Waals surface area contributed by atoms with Crippen LogP contribution >= 0.6 is 11.6 Å². The Hall–Kier alpha value is -1.00. The van der Waals surface area contributed by atoms with Crippen LogP contribution in [-0.2, 0) is 0 Å². The summed E-state index contributed by atoms with van der Waals surface area (Å²) < 4.78 is 5.18. The summed E-state index contributed by atoms with van der Waals surface area (Å²) in [4.78, 5) is 14.3. The third kappa shape index (κ3) is 1.96. The van der Waals surface area contributed by atoms with E-state index in [1.165, 1.54) is 12.7 Å². The Labute approximate surface area is 105 Å². The van der Waals surface area contributed by atoms with Gasteiger partial charge in [0.2, 0.25) is 5.76 Å². The molecule has 3 aliphatic heterocycles.